The summed E-state index contributed by atoms with van der Waals surface area (Å²) in [6, 6.07) is 5.09. The largest absolute Gasteiger partial charge is 0.345 e. The highest BCUT2D eigenvalue weighted by Crippen LogP contribution is 2.28. The first-order valence-corrected chi connectivity index (χ1v) is 6.68. The number of benzene rings is 1. The molecule has 0 aliphatic carbocycles. The fourth-order valence-corrected chi connectivity index (χ4v) is 2.52. The van der Waals surface area contributed by atoms with Crippen molar-refractivity contribution in [2.75, 3.05) is 0 Å². The van der Waals surface area contributed by atoms with Gasteiger partial charge in [-0.1, -0.05) is 29.3 Å². The summed E-state index contributed by atoms with van der Waals surface area (Å²) in [7, 11) is 0. The van der Waals surface area contributed by atoms with Crippen LogP contribution >= 0.6 is 23.2 Å². The van der Waals surface area contributed by atoms with Crippen molar-refractivity contribution in [1.29, 1.82) is 0 Å². The Balaban J connectivity index is 2.13. The molecule has 3 rings (SSSR count). The number of carbonyl (C=O) groups is 1. The molecule has 2 heterocycles. The van der Waals surface area contributed by atoms with E-state index in [4.69, 9.17) is 23.2 Å². The molecular weight excluding hydrogens is 297 g/mol. The molecular formula is C14H9Cl2N3O. The van der Waals surface area contributed by atoms with Crippen molar-refractivity contribution in [1.82, 2.24) is 9.97 Å². The number of aromatic nitrogens is 2. The van der Waals surface area contributed by atoms with E-state index in [9.17, 15) is 4.79 Å². The second kappa shape index (κ2) is 5.23. The maximum atomic E-state index is 11.6. The third-order valence-corrected chi connectivity index (χ3v) is 3.46. The molecule has 0 atom stereocenters. The zero-order valence-electron chi connectivity index (χ0n) is 10.2. The van der Waals surface area contributed by atoms with Gasteiger partial charge in [0.1, 0.15) is 5.82 Å². The SMILES string of the molecule is O=C1CC=C(c2ncc[nH]2)C(c2ccc(Cl)cc2Cl)=N1. The molecule has 1 N–H and O–H groups in total. The molecule has 100 valence electrons. The fraction of sp³-hybridized carbons (Fsp3) is 0.0714. The summed E-state index contributed by atoms with van der Waals surface area (Å²) < 4.78 is 0. The van der Waals surface area contributed by atoms with Crippen molar-refractivity contribution < 1.29 is 4.79 Å². The molecule has 6 heteroatoms. The van der Waals surface area contributed by atoms with Crippen molar-refractivity contribution in [2.24, 2.45) is 4.99 Å². The molecule has 0 spiro atoms. The monoisotopic (exact) mass is 305 g/mol. The van der Waals surface area contributed by atoms with E-state index < -0.39 is 0 Å². The predicted molar refractivity (Wildman–Crippen MR) is 79.2 cm³/mol. The number of allylic oxidation sites excluding steroid dienone is 1. The molecule has 1 aromatic carbocycles. The van der Waals surface area contributed by atoms with Gasteiger partial charge in [-0.25, -0.2) is 9.98 Å². The van der Waals surface area contributed by atoms with E-state index in [0.717, 1.165) is 5.57 Å². The van der Waals surface area contributed by atoms with Crippen LogP contribution in [0.5, 0.6) is 0 Å². The summed E-state index contributed by atoms with van der Waals surface area (Å²) in [6.45, 7) is 0. The number of imidazole rings is 1. The average Bonchev–Trinajstić information content (AvgIpc) is 2.92. The van der Waals surface area contributed by atoms with Crippen LogP contribution in [-0.2, 0) is 4.79 Å². The van der Waals surface area contributed by atoms with Crippen LogP contribution in [-0.4, -0.2) is 21.6 Å². The molecule has 0 bridgehead atoms. The average molecular weight is 306 g/mol. The quantitative estimate of drug-likeness (QED) is 0.923. The Morgan fingerprint density at radius 1 is 1.25 bits per heavy atom. The first-order valence-electron chi connectivity index (χ1n) is 5.92. The second-order valence-corrected chi connectivity index (χ2v) is 5.08. The van der Waals surface area contributed by atoms with E-state index in [2.05, 4.69) is 15.0 Å². The van der Waals surface area contributed by atoms with Crippen molar-refractivity contribution >= 4 is 40.4 Å². The van der Waals surface area contributed by atoms with Gasteiger partial charge in [-0.05, 0) is 18.2 Å². The number of amides is 1. The minimum absolute atomic E-state index is 0.207. The van der Waals surface area contributed by atoms with E-state index in [0.29, 0.717) is 27.1 Å². The minimum atomic E-state index is -0.207. The van der Waals surface area contributed by atoms with Gasteiger partial charge in [0.25, 0.3) is 0 Å². The number of H-pyrrole nitrogens is 1. The van der Waals surface area contributed by atoms with Gasteiger partial charge >= 0.3 is 0 Å². The molecule has 0 saturated carbocycles. The highest BCUT2D eigenvalue weighted by Gasteiger charge is 2.21. The van der Waals surface area contributed by atoms with Crippen LogP contribution in [0.2, 0.25) is 10.0 Å². The maximum absolute atomic E-state index is 11.6. The molecule has 0 saturated heterocycles. The number of aliphatic imine (C=N–C) groups is 1. The smallest absolute Gasteiger partial charge is 0.250 e. The zero-order valence-corrected chi connectivity index (χ0v) is 11.7. The van der Waals surface area contributed by atoms with E-state index in [1.165, 1.54) is 0 Å². The van der Waals surface area contributed by atoms with Crippen LogP contribution in [0.3, 0.4) is 0 Å². The number of hydrogen-bond donors (Lipinski definition) is 1. The van der Waals surface area contributed by atoms with Gasteiger partial charge in [0.05, 0.1) is 10.7 Å². The van der Waals surface area contributed by atoms with Crippen molar-refractivity contribution in [3.8, 4) is 0 Å². The molecule has 1 aliphatic rings. The van der Waals surface area contributed by atoms with Gasteiger partial charge < -0.3 is 4.98 Å². The molecule has 1 aromatic heterocycles. The number of hydrogen-bond acceptors (Lipinski definition) is 2. The van der Waals surface area contributed by atoms with Crippen molar-refractivity contribution in [3.63, 3.8) is 0 Å². The Labute approximate surface area is 125 Å². The van der Waals surface area contributed by atoms with Gasteiger partial charge in [0, 0.05) is 35.0 Å². The van der Waals surface area contributed by atoms with E-state index >= 15 is 0 Å². The third kappa shape index (κ3) is 2.40. The molecule has 4 nitrogen and oxygen atoms in total. The lowest BCUT2D eigenvalue weighted by molar-refractivity contribution is -0.117. The molecule has 0 unspecified atom stereocenters. The number of halogens is 2. The van der Waals surface area contributed by atoms with Crippen LogP contribution in [0.15, 0.2) is 41.7 Å². The molecule has 0 fully saturated rings. The molecule has 1 aliphatic heterocycles. The number of nitrogens with zero attached hydrogens (tertiary/aromatic N) is 2. The zero-order chi connectivity index (χ0) is 14.1. The number of aromatic amines is 1. The van der Waals surface area contributed by atoms with Gasteiger partial charge in [0.2, 0.25) is 5.91 Å². The van der Waals surface area contributed by atoms with E-state index in [1.54, 1.807) is 36.7 Å². The summed E-state index contributed by atoms with van der Waals surface area (Å²) in [6.07, 6.45) is 5.42. The van der Waals surface area contributed by atoms with Crippen LogP contribution in [0.1, 0.15) is 17.8 Å². The lowest BCUT2D eigenvalue weighted by atomic mass is 9.98. The highest BCUT2D eigenvalue weighted by atomic mass is 35.5. The van der Waals surface area contributed by atoms with E-state index in [-0.39, 0.29) is 12.3 Å². The van der Waals surface area contributed by atoms with Crippen LogP contribution in [0.4, 0.5) is 0 Å². The Morgan fingerprint density at radius 2 is 2.10 bits per heavy atom. The highest BCUT2D eigenvalue weighted by molar-refractivity contribution is 6.42. The summed E-state index contributed by atoms with van der Waals surface area (Å²) in [5.74, 6) is 0.448. The normalized spacial score (nSPS) is 15.0. The molecule has 1 amide bonds. The van der Waals surface area contributed by atoms with Gasteiger partial charge in [0.15, 0.2) is 0 Å². The lowest BCUT2D eigenvalue weighted by Crippen LogP contribution is -2.14. The van der Waals surface area contributed by atoms with Crippen molar-refractivity contribution in [3.05, 3.63) is 58.1 Å². The molecule has 20 heavy (non-hydrogen) atoms. The second-order valence-electron chi connectivity index (χ2n) is 4.24. The third-order valence-electron chi connectivity index (χ3n) is 2.91. The first-order chi connectivity index (χ1) is 9.65. The lowest BCUT2D eigenvalue weighted by Gasteiger charge is -2.14. The summed E-state index contributed by atoms with van der Waals surface area (Å²) >= 11 is 12.1. The number of nitrogens with one attached hydrogen (secondary N) is 1. The topological polar surface area (TPSA) is 58.1 Å². The Hall–Kier alpha value is -1.91. The van der Waals surface area contributed by atoms with Crippen LogP contribution in [0, 0.1) is 0 Å². The van der Waals surface area contributed by atoms with Crippen LogP contribution in [0.25, 0.3) is 5.57 Å². The summed E-state index contributed by atoms with van der Waals surface area (Å²) in [5.41, 5.74) is 1.93. The summed E-state index contributed by atoms with van der Waals surface area (Å²) in [4.78, 5) is 22.9. The standard InChI is InChI=1S/C14H9Cl2N3O/c15-8-1-2-9(11(16)7-8)13-10(3-4-12(20)19-13)14-17-5-6-18-14/h1-3,5-7H,4H2,(H,17,18). The fourth-order valence-electron chi connectivity index (χ4n) is 2.02. The maximum Gasteiger partial charge on any atom is 0.250 e. The molecule has 0 radical (unpaired) electrons. The summed E-state index contributed by atoms with van der Waals surface area (Å²) in [5, 5.41) is 0.980. The molecule has 2 aromatic rings. The van der Waals surface area contributed by atoms with Crippen LogP contribution < -0.4 is 0 Å². The Bertz CT molecular complexity index is 733. The first kappa shape index (κ1) is 13.1. The number of carbonyl (C=O) groups excluding carboxylic acids is 1. The Morgan fingerprint density at radius 3 is 2.80 bits per heavy atom. The van der Waals surface area contributed by atoms with Gasteiger partial charge in [-0.15, -0.1) is 0 Å². The minimum Gasteiger partial charge on any atom is -0.345 e. The van der Waals surface area contributed by atoms with Gasteiger partial charge in [-0.3, -0.25) is 4.79 Å². The van der Waals surface area contributed by atoms with E-state index in [1.807, 2.05) is 0 Å². The van der Waals surface area contributed by atoms with Crippen molar-refractivity contribution in [2.45, 2.75) is 6.42 Å². The Kier molecular flexibility index (Phi) is 3.42. The predicted octanol–water partition coefficient (Wildman–Crippen LogP) is 3.52. The number of rotatable bonds is 2. The van der Waals surface area contributed by atoms with Gasteiger partial charge in [-0.2, -0.15) is 0 Å². The number of dihydropyridines is 1.